The molecule has 27 heavy (non-hydrogen) atoms. The van der Waals surface area contributed by atoms with Crippen molar-refractivity contribution in [2.24, 2.45) is 0 Å². The van der Waals surface area contributed by atoms with E-state index < -0.39 is 17.5 Å². The highest BCUT2D eigenvalue weighted by atomic mass is 16.5. The van der Waals surface area contributed by atoms with Gasteiger partial charge in [-0.05, 0) is 37.0 Å². The number of hydrogen-bond donors (Lipinski definition) is 1. The molecule has 1 atom stereocenters. The van der Waals surface area contributed by atoms with E-state index in [-0.39, 0.29) is 30.4 Å². The fourth-order valence-corrected chi connectivity index (χ4v) is 3.84. The normalized spacial score (nSPS) is 21.3. The van der Waals surface area contributed by atoms with Crippen molar-refractivity contribution in [2.75, 3.05) is 6.61 Å². The van der Waals surface area contributed by atoms with Gasteiger partial charge in [-0.15, -0.1) is 0 Å². The zero-order valence-corrected chi connectivity index (χ0v) is 15.0. The van der Waals surface area contributed by atoms with Gasteiger partial charge in [0.15, 0.2) is 0 Å². The van der Waals surface area contributed by atoms with E-state index in [1.807, 2.05) is 18.2 Å². The van der Waals surface area contributed by atoms with Gasteiger partial charge in [0.05, 0.1) is 19.4 Å². The first-order valence-corrected chi connectivity index (χ1v) is 8.98. The molecule has 1 N–H and O–H groups in total. The van der Waals surface area contributed by atoms with E-state index in [1.54, 1.807) is 6.92 Å². The predicted molar refractivity (Wildman–Crippen MR) is 94.9 cm³/mol. The van der Waals surface area contributed by atoms with Gasteiger partial charge >= 0.3 is 12.0 Å². The summed E-state index contributed by atoms with van der Waals surface area (Å²) < 4.78 is 10.3. The number of esters is 1. The molecule has 0 saturated carbocycles. The molecule has 1 spiro atoms. The van der Waals surface area contributed by atoms with Crippen molar-refractivity contribution >= 4 is 17.9 Å². The first-order valence-electron chi connectivity index (χ1n) is 8.98. The third-order valence-corrected chi connectivity index (χ3v) is 5.22. The number of aryl methyl sites for hydroxylation is 1. The third kappa shape index (κ3) is 2.89. The Kier molecular flexibility index (Phi) is 4.22. The number of nitrogens with zero attached hydrogens (tertiary/aromatic N) is 1. The summed E-state index contributed by atoms with van der Waals surface area (Å²) in [5.41, 5.74) is 1.58. The number of carbonyl (C=O) groups is 3. The summed E-state index contributed by atoms with van der Waals surface area (Å²) in [5.74, 6) is -0.576. The number of hydrogen-bond acceptors (Lipinski definition) is 5. The Morgan fingerprint density at radius 2 is 2.04 bits per heavy atom. The minimum absolute atomic E-state index is 0.102. The standard InChI is InChI=1S/C20H20N2O5/c1-2-26-17(23)15-8-10-27-16(15)12-22-18(24)20(21-19(22)25)9-7-13-5-3-4-6-14(13)11-20/h3-6,8,10H,2,7,9,11-12H2,1H3,(H,21,25)/t20-/m1/s1. The zero-order chi connectivity index (χ0) is 19.0. The third-order valence-electron chi connectivity index (χ3n) is 5.22. The molecule has 1 saturated heterocycles. The van der Waals surface area contributed by atoms with Gasteiger partial charge in [-0.2, -0.15) is 0 Å². The quantitative estimate of drug-likeness (QED) is 0.661. The lowest BCUT2D eigenvalue weighted by molar-refractivity contribution is -0.132. The van der Waals surface area contributed by atoms with Crippen LogP contribution in [0.15, 0.2) is 41.0 Å². The van der Waals surface area contributed by atoms with Crippen molar-refractivity contribution in [2.45, 2.75) is 38.3 Å². The molecule has 4 rings (SSSR count). The van der Waals surface area contributed by atoms with E-state index in [0.717, 1.165) is 16.9 Å². The fraction of sp³-hybridized carbons (Fsp3) is 0.350. The highest BCUT2D eigenvalue weighted by molar-refractivity contribution is 6.07. The van der Waals surface area contributed by atoms with Crippen LogP contribution in [-0.2, 0) is 28.9 Å². The van der Waals surface area contributed by atoms with Crippen molar-refractivity contribution in [3.05, 3.63) is 59.0 Å². The molecule has 1 aliphatic heterocycles. The molecule has 2 aromatic rings. The van der Waals surface area contributed by atoms with Crippen LogP contribution in [0.2, 0.25) is 0 Å². The molecule has 0 bridgehead atoms. The topological polar surface area (TPSA) is 88.8 Å². The number of fused-ring (bicyclic) bond motifs is 1. The van der Waals surface area contributed by atoms with Crippen molar-refractivity contribution < 1.29 is 23.5 Å². The highest BCUT2D eigenvalue weighted by Gasteiger charge is 2.52. The average molecular weight is 368 g/mol. The van der Waals surface area contributed by atoms with E-state index in [9.17, 15) is 14.4 Å². The Morgan fingerprint density at radius 3 is 2.81 bits per heavy atom. The van der Waals surface area contributed by atoms with E-state index in [2.05, 4.69) is 11.4 Å². The van der Waals surface area contributed by atoms with E-state index >= 15 is 0 Å². The van der Waals surface area contributed by atoms with Crippen molar-refractivity contribution in [1.29, 1.82) is 0 Å². The van der Waals surface area contributed by atoms with Crippen LogP contribution in [0.1, 0.15) is 40.6 Å². The van der Waals surface area contributed by atoms with Gasteiger partial charge in [0.1, 0.15) is 16.9 Å². The summed E-state index contributed by atoms with van der Waals surface area (Å²) in [5, 5.41) is 2.88. The maximum absolute atomic E-state index is 13.1. The summed E-state index contributed by atoms with van der Waals surface area (Å²) in [6.07, 6.45) is 3.10. The second kappa shape index (κ2) is 6.57. The number of amides is 3. The van der Waals surface area contributed by atoms with Crippen LogP contribution >= 0.6 is 0 Å². The first-order chi connectivity index (χ1) is 13.0. The lowest BCUT2D eigenvalue weighted by Gasteiger charge is -2.32. The van der Waals surface area contributed by atoms with Gasteiger partial charge in [-0.1, -0.05) is 24.3 Å². The molecule has 0 radical (unpaired) electrons. The average Bonchev–Trinajstić information content (AvgIpc) is 3.21. The van der Waals surface area contributed by atoms with Gasteiger partial charge in [-0.3, -0.25) is 9.69 Å². The molecule has 2 heterocycles. The summed E-state index contributed by atoms with van der Waals surface area (Å²) in [4.78, 5) is 38.8. The van der Waals surface area contributed by atoms with Crippen LogP contribution in [0.5, 0.6) is 0 Å². The Hall–Kier alpha value is -3.09. The summed E-state index contributed by atoms with van der Waals surface area (Å²) >= 11 is 0. The van der Waals surface area contributed by atoms with Crippen LogP contribution in [-0.4, -0.2) is 35.0 Å². The molecule has 1 aromatic carbocycles. The van der Waals surface area contributed by atoms with Gasteiger partial charge in [-0.25, -0.2) is 9.59 Å². The zero-order valence-electron chi connectivity index (χ0n) is 15.0. The molecule has 0 unspecified atom stereocenters. The predicted octanol–water partition coefficient (Wildman–Crippen LogP) is 2.44. The van der Waals surface area contributed by atoms with E-state index in [0.29, 0.717) is 12.8 Å². The number of furan rings is 1. The van der Waals surface area contributed by atoms with Crippen molar-refractivity contribution in [1.82, 2.24) is 10.2 Å². The molecule has 2 aliphatic rings. The van der Waals surface area contributed by atoms with Gasteiger partial charge in [0.2, 0.25) is 0 Å². The number of carbonyl (C=O) groups excluding carboxylic acids is 3. The number of nitrogens with one attached hydrogen (secondary N) is 1. The SMILES string of the molecule is CCOC(=O)c1ccoc1CN1C(=O)N[C@@]2(CCc3ccccc3C2)C1=O. The number of ether oxygens (including phenoxy) is 1. The molecule has 7 heteroatoms. The fourth-order valence-electron chi connectivity index (χ4n) is 3.84. The largest absolute Gasteiger partial charge is 0.467 e. The molecule has 3 amide bonds. The lowest BCUT2D eigenvalue weighted by Crippen LogP contribution is -2.51. The minimum Gasteiger partial charge on any atom is -0.467 e. The van der Waals surface area contributed by atoms with Crippen LogP contribution in [0.3, 0.4) is 0 Å². The van der Waals surface area contributed by atoms with Crippen LogP contribution in [0.25, 0.3) is 0 Å². The minimum atomic E-state index is -0.928. The molecule has 140 valence electrons. The highest BCUT2D eigenvalue weighted by Crippen LogP contribution is 2.34. The van der Waals surface area contributed by atoms with E-state index in [1.165, 1.54) is 17.9 Å². The molecule has 1 aliphatic carbocycles. The summed E-state index contributed by atoms with van der Waals surface area (Å²) in [6.45, 7) is 1.84. The Balaban J connectivity index is 1.57. The van der Waals surface area contributed by atoms with Gasteiger partial charge < -0.3 is 14.5 Å². The second-order valence-electron chi connectivity index (χ2n) is 6.83. The van der Waals surface area contributed by atoms with Crippen LogP contribution in [0.4, 0.5) is 4.79 Å². The summed E-state index contributed by atoms with van der Waals surface area (Å²) in [6, 6.07) is 8.97. The number of rotatable bonds is 4. The maximum atomic E-state index is 13.1. The van der Waals surface area contributed by atoms with Crippen molar-refractivity contribution in [3.8, 4) is 0 Å². The van der Waals surface area contributed by atoms with Crippen LogP contribution in [0, 0.1) is 0 Å². The number of urea groups is 1. The Morgan fingerprint density at radius 1 is 1.26 bits per heavy atom. The molecule has 1 fully saturated rings. The number of benzene rings is 1. The molecule has 7 nitrogen and oxygen atoms in total. The second-order valence-corrected chi connectivity index (χ2v) is 6.83. The molecular weight excluding hydrogens is 348 g/mol. The first kappa shape index (κ1) is 17.3. The van der Waals surface area contributed by atoms with E-state index in [4.69, 9.17) is 9.15 Å². The maximum Gasteiger partial charge on any atom is 0.341 e. The monoisotopic (exact) mass is 368 g/mol. The van der Waals surface area contributed by atoms with Crippen LogP contribution < -0.4 is 5.32 Å². The summed E-state index contributed by atoms with van der Waals surface area (Å²) in [7, 11) is 0. The Bertz CT molecular complexity index is 919. The number of imide groups is 1. The van der Waals surface area contributed by atoms with Gasteiger partial charge in [0.25, 0.3) is 5.91 Å². The van der Waals surface area contributed by atoms with Crippen molar-refractivity contribution in [3.63, 3.8) is 0 Å². The smallest absolute Gasteiger partial charge is 0.341 e. The molecular formula is C20H20N2O5. The van der Waals surface area contributed by atoms with Gasteiger partial charge in [0, 0.05) is 6.42 Å². The lowest BCUT2D eigenvalue weighted by atomic mass is 9.78. The Labute approximate surface area is 156 Å². The molecule has 1 aromatic heterocycles.